The average Bonchev–Trinajstić information content (AvgIpc) is 3.29. The van der Waals surface area contributed by atoms with E-state index in [0.717, 1.165) is 68.3 Å². The molecule has 3 aromatic rings. The Hall–Kier alpha value is -2.84. The van der Waals surface area contributed by atoms with Crippen LogP contribution in [0.15, 0.2) is 65.7 Å². The molecular weight excluding hydrogens is 450 g/mol. The number of para-hydroxylation sites is 1. The molecular formula is C26H31N3O4S. The van der Waals surface area contributed by atoms with Gasteiger partial charge in [-0.15, -0.1) is 0 Å². The quantitative estimate of drug-likeness (QED) is 0.556. The number of rotatable bonds is 4. The van der Waals surface area contributed by atoms with E-state index in [-0.39, 0.29) is 6.09 Å². The van der Waals surface area contributed by atoms with Crippen molar-refractivity contribution in [1.82, 2.24) is 13.8 Å². The molecule has 2 saturated heterocycles. The van der Waals surface area contributed by atoms with Gasteiger partial charge < -0.3 is 14.5 Å². The monoisotopic (exact) mass is 481 g/mol. The van der Waals surface area contributed by atoms with Gasteiger partial charge in [-0.2, -0.15) is 0 Å². The molecule has 2 fully saturated rings. The Balaban J connectivity index is 1.33. The van der Waals surface area contributed by atoms with E-state index in [2.05, 4.69) is 4.90 Å². The number of likely N-dealkylation sites (tertiary alicyclic amines) is 2. The third kappa shape index (κ3) is 4.20. The zero-order valence-electron chi connectivity index (χ0n) is 19.5. The highest BCUT2D eigenvalue weighted by Crippen LogP contribution is 2.37. The maximum Gasteiger partial charge on any atom is 0.409 e. The van der Waals surface area contributed by atoms with Crippen LogP contribution < -0.4 is 0 Å². The molecule has 1 aromatic heterocycles. The number of hydrogen-bond acceptors (Lipinski definition) is 5. The highest BCUT2D eigenvalue weighted by molar-refractivity contribution is 7.90. The van der Waals surface area contributed by atoms with E-state index >= 15 is 0 Å². The largest absolute Gasteiger partial charge is 0.453 e. The Labute approximate surface area is 201 Å². The summed E-state index contributed by atoms with van der Waals surface area (Å²) in [7, 11) is -2.23. The number of piperidine rings is 2. The molecule has 0 saturated carbocycles. The lowest BCUT2D eigenvalue weighted by atomic mass is 9.88. The van der Waals surface area contributed by atoms with Crippen molar-refractivity contribution in [3.63, 3.8) is 0 Å². The molecule has 0 radical (unpaired) electrons. The normalized spacial score (nSPS) is 18.9. The fourth-order valence-electron chi connectivity index (χ4n) is 5.52. The lowest BCUT2D eigenvalue weighted by Gasteiger charge is -2.41. The fourth-order valence-corrected chi connectivity index (χ4v) is 6.92. The third-order valence-electron chi connectivity index (χ3n) is 7.39. The van der Waals surface area contributed by atoms with Crippen LogP contribution in [0, 0.1) is 0 Å². The number of amides is 1. The first kappa shape index (κ1) is 22.9. The summed E-state index contributed by atoms with van der Waals surface area (Å²) < 4.78 is 33.1. The van der Waals surface area contributed by atoms with Crippen molar-refractivity contribution in [3.8, 4) is 0 Å². The summed E-state index contributed by atoms with van der Waals surface area (Å²) in [5, 5.41) is 1.02. The number of benzene rings is 2. The van der Waals surface area contributed by atoms with Gasteiger partial charge in [0.2, 0.25) is 0 Å². The van der Waals surface area contributed by atoms with Crippen LogP contribution in [-0.2, 0) is 14.8 Å². The second-order valence-electron chi connectivity index (χ2n) is 9.21. The lowest BCUT2D eigenvalue weighted by molar-refractivity contribution is 0.0734. The average molecular weight is 482 g/mol. The summed E-state index contributed by atoms with van der Waals surface area (Å²) in [6, 6.07) is 16.9. The summed E-state index contributed by atoms with van der Waals surface area (Å²) in [5.41, 5.74) is 1.86. The van der Waals surface area contributed by atoms with Crippen LogP contribution in [0.4, 0.5) is 4.79 Å². The second-order valence-corrected chi connectivity index (χ2v) is 11.0. The summed E-state index contributed by atoms with van der Waals surface area (Å²) in [6.07, 6.45) is 5.54. The zero-order valence-corrected chi connectivity index (χ0v) is 20.3. The van der Waals surface area contributed by atoms with E-state index in [1.54, 1.807) is 29.2 Å². The molecule has 5 rings (SSSR count). The van der Waals surface area contributed by atoms with Crippen LogP contribution in [0.3, 0.4) is 0 Å². The molecule has 0 atom stereocenters. The molecule has 1 amide bonds. The first-order valence-corrected chi connectivity index (χ1v) is 13.4. The van der Waals surface area contributed by atoms with Crippen molar-refractivity contribution < 1.29 is 17.9 Å². The fraction of sp³-hybridized carbons (Fsp3) is 0.423. The Morgan fingerprint density at radius 1 is 0.882 bits per heavy atom. The molecule has 2 aromatic carbocycles. The number of aromatic nitrogens is 1. The van der Waals surface area contributed by atoms with Gasteiger partial charge in [-0.1, -0.05) is 36.4 Å². The van der Waals surface area contributed by atoms with E-state index < -0.39 is 10.0 Å². The van der Waals surface area contributed by atoms with Crippen molar-refractivity contribution in [2.24, 2.45) is 0 Å². The molecule has 0 unspecified atom stereocenters. The SMILES string of the molecule is COC(=O)N1CCC(N2CCC(c3cn(S(=O)(=O)c4ccccc4)c4ccccc34)CC2)CC1. The number of carbonyl (C=O) groups excluding carboxylic acids is 1. The van der Waals surface area contributed by atoms with Gasteiger partial charge in [-0.25, -0.2) is 17.2 Å². The number of fused-ring (bicyclic) bond motifs is 1. The topological polar surface area (TPSA) is 71.8 Å². The highest BCUT2D eigenvalue weighted by atomic mass is 32.2. The van der Waals surface area contributed by atoms with Gasteiger partial charge in [0.15, 0.2) is 0 Å². The Morgan fingerprint density at radius 3 is 2.21 bits per heavy atom. The maximum absolute atomic E-state index is 13.4. The Morgan fingerprint density at radius 2 is 1.53 bits per heavy atom. The van der Waals surface area contributed by atoms with Crippen molar-refractivity contribution >= 4 is 27.0 Å². The maximum atomic E-state index is 13.4. The Kier molecular flexibility index (Phi) is 6.36. The smallest absolute Gasteiger partial charge is 0.409 e. The molecule has 0 N–H and O–H groups in total. The molecule has 0 aliphatic carbocycles. The minimum atomic E-state index is -3.66. The minimum absolute atomic E-state index is 0.237. The molecule has 0 spiro atoms. The number of carbonyl (C=O) groups is 1. The third-order valence-corrected chi connectivity index (χ3v) is 9.08. The van der Waals surface area contributed by atoms with Crippen LogP contribution >= 0.6 is 0 Å². The molecule has 0 bridgehead atoms. The number of hydrogen-bond donors (Lipinski definition) is 0. The van der Waals surface area contributed by atoms with E-state index in [1.165, 1.54) is 11.1 Å². The van der Waals surface area contributed by atoms with Gasteiger partial charge in [-0.05, 0) is 68.5 Å². The first-order valence-electron chi connectivity index (χ1n) is 12.0. The molecule has 7 nitrogen and oxygen atoms in total. The molecule has 2 aliphatic heterocycles. The highest BCUT2D eigenvalue weighted by Gasteiger charge is 2.32. The first-order chi connectivity index (χ1) is 16.5. The van der Waals surface area contributed by atoms with Crippen LogP contribution in [0.5, 0.6) is 0 Å². The van der Waals surface area contributed by atoms with Crippen molar-refractivity contribution in [2.75, 3.05) is 33.3 Å². The predicted molar refractivity (Wildman–Crippen MR) is 132 cm³/mol. The van der Waals surface area contributed by atoms with Gasteiger partial charge in [0.25, 0.3) is 10.0 Å². The van der Waals surface area contributed by atoms with Crippen LogP contribution in [-0.4, -0.2) is 67.6 Å². The lowest BCUT2D eigenvalue weighted by Crippen LogP contribution is -2.48. The van der Waals surface area contributed by atoms with Crippen LogP contribution in [0.25, 0.3) is 10.9 Å². The van der Waals surface area contributed by atoms with E-state index in [4.69, 9.17) is 4.74 Å². The van der Waals surface area contributed by atoms with Crippen LogP contribution in [0.1, 0.15) is 37.2 Å². The summed E-state index contributed by atoms with van der Waals surface area (Å²) in [5.74, 6) is 0.323. The van der Waals surface area contributed by atoms with Gasteiger partial charge in [-0.3, -0.25) is 0 Å². The zero-order chi connectivity index (χ0) is 23.7. The molecule has 180 valence electrons. The van der Waals surface area contributed by atoms with Crippen molar-refractivity contribution in [2.45, 2.75) is 42.5 Å². The summed E-state index contributed by atoms with van der Waals surface area (Å²) in [4.78, 5) is 16.4. The molecule has 3 heterocycles. The van der Waals surface area contributed by atoms with Gasteiger partial charge in [0.1, 0.15) is 0 Å². The molecule has 8 heteroatoms. The Bertz CT molecular complexity index is 1260. The van der Waals surface area contributed by atoms with Gasteiger partial charge >= 0.3 is 6.09 Å². The number of nitrogens with zero attached hydrogens (tertiary/aromatic N) is 3. The summed E-state index contributed by atoms with van der Waals surface area (Å²) in [6.45, 7) is 3.45. The van der Waals surface area contributed by atoms with E-state index in [1.807, 2.05) is 36.5 Å². The van der Waals surface area contributed by atoms with Crippen molar-refractivity contribution in [1.29, 1.82) is 0 Å². The standard InChI is InChI=1S/C26H31N3O4S/c1-33-26(30)28-17-13-21(14-18-28)27-15-11-20(12-16-27)24-19-29(25-10-6-5-9-23(24)25)34(31,32)22-7-3-2-4-8-22/h2-10,19-21H,11-18H2,1H3. The minimum Gasteiger partial charge on any atom is -0.453 e. The van der Waals surface area contributed by atoms with Gasteiger partial charge in [0.05, 0.1) is 17.5 Å². The summed E-state index contributed by atoms with van der Waals surface area (Å²) >= 11 is 0. The van der Waals surface area contributed by atoms with Crippen molar-refractivity contribution in [3.05, 3.63) is 66.4 Å². The molecule has 34 heavy (non-hydrogen) atoms. The molecule has 2 aliphatic rings. The van der Waals surface area contributed by atoms with E-state index in [9.17, 15) is 13.2 Å². The van der Waals surface area contributed by atoms with Crippen LogP contribution in [0.2, 0.25) is 0 Å². The predicted octanol–water partition coefficient (Wildman–Crippen LogP) is 4.29. The van der Waals surface area contributed by atoms with Gasteiger partial charge in [0, 0.05) is 30.7 Å². The number of ether oxygens (including phenoxy) is 1. The second kappa shape index (κ2) is 9.43. The van der Waals surface area contributed by atoms with E-state index in [0.29, 0.717) is 16.9 Å². The number of methoxy groups -OCH3 is 1.